The highest BCUT2D eigenvalue weighted by atomic mass is 16.5. The molecule has 19 heavy (non-hydrogen) atoms. The third-order valence-corrected chi connectivity index (χ3v) is 5.59. The molecule has 1 heterocycles. The normalized spacial score (nSPS) is 28.3. The van der Waals surface area contributed by atoms with E-state index in [0.29, 0.717) is 23.2 Å². The fourth-order valence-electron chi connectivity index (χ4n) is 4.17. The van der Waals surface area contributed by atoms with Gasteiger partial charge in [0.15, 0.2) is 0 Å². The fraction of sp³-hybridized carbons (Fsp3) is 0.667. The van der Waals surface area contributed by atoms with E-state index in [-0.39, 0.29) is 0 Å². The molecule has 1 aliphatic carbocycles. The van der Waals surface area contributed by atoms with Crippen molar-refractivity contribution in [2.24, 2.45) is 11.8 Å². The summed E-state index contributed by atoms with van der Waals surface area (Å²) in [6.07, 6.45) is 1.08. The quantitative estimate of drug-likeness (QED) is 0.724. The Morgan fingerprint density at radius 2 is 1.95 bits per heavy atom. The van der Waals surface area contributed by atoms with E-state index >= 15 is 0 Å². The smallest absolute Gasteiger partial charge is 0.0719 e. The van der Waals surface area contributed by atoms with E-state index in [1.807, 2.05) is 0 Å². The molecule has 0 spiro atoms. The zero-order chi connectivity index (χ0) is 13.8. The van der Waals surface area contributed by atoms with E-state index in [4.69, 9.17) is 4.74 Å². The van der Waals surface area contributed by atoms with Crippen LogP contribution in [0.4, 0.5) is 0 Å². The van der Waals surface area contributed by atoms with Crippen molar-refractivity contribution < 1.29 is 4.74 Å². The summed E-state index contributed by atoms with van der Waals surface area (Å²) in [5.41, 5.74) is 6.45. The van der Waals surface area contributed by atoms with Crippen molar-refractivity contribution >= 4 is 0 Å². The van der Waals surface area contributed by atoms with Gasteiger partial charge in [0.1, 0.15) is 0 Å². The van der Waals surface area contributed by atoms with Crippen LogP contribution < -0.4 is 0 Å². The van der Waals surface area contributed by atoms with Gasteiger partial charge in [-0.1, -0.05) is 46.8 Å². The molecule has 1 aromatic rings. The molecule has 0 fully saturated rings. The molecule has 1 nitrogen and oxygen atoms in total. The second-order valence-electron chi connectivity index (χ2n) is 7.29. The number of hydrogen-bond acceptors (Lipinski definition) is 1. The predicted octanol–water partition coefficient (Wildman–Crippen LogP) is 4.43. The van der Waals surface area contributed by atoms with Gasteiger partial charge in [-0.2, -0.15) is 0 Å². The molecule has 104 valence electrons. The summed E-state index contributed by atoms with van der Waals surface area (Å²) in [5, 5.41) is 0. The Morgan fingerprint density at radius 3 is 2.63 bits per heavy atom. The summed E-state index contributed by atoms with van der Waals surface area (Å²) in [4.78, 5) is 0. The maximum absolute atomic E-state index is 5.63. The van der Waals surface area contributed by atoms with E-state index in [2.05, 4.69) is 46.8 Å². The van der Waals surface area contributed by atoms with Crippen LogP contribution in [-0.2, 0) is 23.2 Å². The summed E-state index contributed by atoms with van der Waals surface area (Å²) in [5.74, 6) is 2.11. The first-order valence-corrected chi connectivity index (χ1v) is 7.67. The van der Waals surface area contributed by atoms with Gasteiger partial charge < -0.3 is 4.74 Å². The number of ether oxygens (including phenoxy) is 1. The maximum atomic E-state index is 5.63. The van der Waals surface area contributed by atoms with Crippen LogP contribution in [0.25, 0.3) is 0 Å². The van der Waals surface area contributed by atoms with Gasteiger partial charge in [-0.15, -0.1) is 0 Å². The highest BCUT2D eigenvalue weighted by Gasteiger charge is 2.45. The highest BCUT2D eigenvalue weighted by Crippen LogP contribution is 2.53. The van der Waals surface area contributed by atoms with Crippen molar-refractivity contribution in [2.45, 2.75) is 59.0 Å². The second-order valence-corrected chi connectivity index (χ2v) is 7.29. The average Bonchev–Trinajstić information content (AvgIpc) is 2.55. The van der Waals surface area contributed by atoms with Crippen molar-refractivity contribution in [3.63, 3.8) is 0 Å². The van der Waals surface area contributed by atoms with Crippen LogP contribution in [0.2, 0.25) is 0 Å². The molecule has 2 atom stereocenters. The molecule has 0 radical (unpaired) electrons. The van der Waals surface area contributed by atoms with Crippen molar-refractivity contribution in [1.29, 1.82) is 0 Å². The minimum atomic E-state index is 0.303. The van der Waals surface area contributed by atoms with Crippen molar-refractivity contribution in [3.05, 3.63) is 34.4 Å². The van der Waals surface area contributed by atoms with Crippen LogP contribution in [0.1, 0.15) is 62.8 Å². The lowest BCUT2D eigenvalue weighted by Crippen LogP contribution is -2.25. The van der Waals surface area contributed by atoms with Gasteiger partial charge in [0, 0.05) is 0 Å². The lowest BCUT2D eigenvalue weighted by Gasteiger charge is -2.30. The van der Waals surface area contributed by atoms with Crippen LogP contribution in [-0.4, -0.2) is 6.61 Å². The van der Waals surface area contributed by atoms with Gasteiger partial charge >= 0.3 is 0 Å². The molecular weight excluding hydrogens is 232 g/mol. The molecule has 0 N–H and O–H groups in total. The van der Waals surface area contributed by atoms with Crippen LogP contribution in [0.15, 0.2) is 12.1 Å². The predicted molar refractivity (Wildman–Crippen MR) is 79.6 cm³/mol. The van der Waals surface area contributed by atoms with Crippen molar-refractivity contribution in [2.75, 3.05) is 6.61 Å². The minimum absolute atomic E-state index is 0.303. The molecule has 0 amide bonds. The third-order valence-electron chi connectivity index (χ3n) is 5.59. The standard InChI is InChI=1S/C18H26O/c1-11(2)17-12(3)18(4,5)16-9-13-6-7-19-10-14(13)8-15(16)17/h8-9,11-12,17H,6-7,10H2,1-5H3. The summed E-state index contributed by atoms with van der Waals surface area (Å²) in [7, 11) is 0. The lowest BCUT2D eigenvalue weighted by molar-refractivity contribution is 0.110. The van der Waals surface area contributed by atoms with Gasteiger partial charge in [0.2, 0.25) is 0 Å². The molecule has 2 aliphatic rings. The number of benzene rings is 1. The highest BCUT2D eigenvalue weighted by molar-refractivity contribution is 5.49. The van der Waals surface area contributed by atoms with Crippen molar-refractivity contribution in [1.82, 2.24) is 0 Å². The van der Waals surface area contributed by atoms with Crippen LogP contribution in [0.3, 0.4) is 0 Å². The monoisotopic (exact) mass is 258 g/mol. The first-order chi connectivity index (χ1) is 8.93. The molecular formula is C18H26O. The Kier molecular flexibility index (Phi) is 3.01. The molecule has 0 bridgehead atoms. The summed E-state index contributed by atoms with van der Waals surface area (Å²) in [6.45, 7) is 13.7. The fourth-order valence-corrected chi connectivity index (χ4v) is 4.17. The largest absolute Gasteiger partial charge is 0.376 e. The van der Waals surface area contributed by atoms with Gasteiger partial charge in [0.05, 0.1) is 13.2 Å². The van der Waals surface area contributed by atoms with E-state index in [9.17, 15) is 0 Å². The lowest BCUT2D eigenvalue weighted by atomic mass is 9.74. The molecule has 0 saturated carbocycles. The van der Waals surface area contributed by atoms with Crippen molar-refractivity contribution in [3.8, 4) is 0 Å². The molecule has 3 rings (SSSR count). The van der Waals surface area contributed by atoms with Gasteiger partial charge in [-0.3, -0.25) is 0 Å². The zero-order valence-corrected chi connectivity index (χ0v) is 12.9. The maximum Gasteiger partial charge on any atom is 0.0719 e. The van der Waals surface area contributed by atoms with Gasteiger partial charge in [-0.05, 0) is 51.8 Å². The topological polar surface area (TPSA) is 9.23 Å². The SMILES string of the molecule is CC(C)C1c2cc3c(cc2C(C)(C)C1C)CCOC3. The third kappa shape index (κ3) is 1.86. The van der Waals surface area contributed by atoms with E-state index in [1.165, 1.54) is 11.1 Å². The molecule has 1 aromatic carbocycles. The Hall–Kier alpha value is -0.820. The molecule has 2 unspecified atom stereocenters. The van der Waals surface area contributed by atoms with E-state index in [0.717, 1.165) is 19.6 Å². The molecule has 1 heteroatoms. The number of rotatable bonds is 1. The first kappa shape index (κ1) is 13.2. The Balaban J connectivity index is 2.17. The molecule has 0 saturated heterocycles. The average molecular weight is 258 g/mol. The van der Waals surface area contributed by atoms with Gasteiger partial charge in [-0.25, -0.2) is 0 Å². The Labute approximate surface area is 117 Å². The zero-order valence-electron chi connectivity index (χ0n) is 12.9. The summed E-state index contributed by atoms with van der Waals surface area (Å²) in [6, 6.07) is 4.95. The second kappa shape index (κ2) is 4.34. The van der Waals surface area contributed by atoms with Crippen LogP contribution in [0, 0.1) is 11.8 Å². The molecule has 0 aromatic heterocycles. The Bertz CT molecular complexity index is 499. The molecule has 1 aliphatic heterocycles. The van der Waals surface area contributed by atoms with Crippen LogP contribution in [0.5, 0.6) is 0 Å². The van der Waals surface area contributed by atoms with Gasteiger partial charge in [0.25, 0.3) is 0 Å². The Morgan fingerprint density at radius 1 is 1.21 bits per heavy atom. The van der Waals surface area contributed by atoms with E-state index in [1.54, 1.807) is 11.1 Å². The summed E-state index contributed by atoms with van der Waals surface area (Å²) >= 11 is 0. The number of fused-ring (bicyclic) bond motifs is 2. The number of hydrogen-bond donors (Lipinski definition) is 0. The first-order valence-electron chi connectivity index (χ1n) is 7.67. The summed E-state index contributed by atoms with van der Waals surface area (Å²) < 4.78 is 5.63. The van der Waals surface area contributed by atoms with E-state index < -0.39 is 0 Å². The minimum Gasteiger partial charge on any atom is -0.376 e. The van der Waals surface area contributed by atoms with Crippen LogP contribution >= 0.6 is 0 Å².